The van der Waals surface area contributed by atoms with Crippen molar-refractivity contribution >= 4 is 15.9 Å². The predicted octanol–water partition coefficient (Wildman–Crippen LogP) is 3.91. The zero-order chi connectivity index (χ0) is 19.4. The van der Waals surface area contributed by atoms with Gasteiger partial charge in [0.15, 0.2) is 0 Å². The van der Waals surface area contributed by atoms with E-state index >= 15 is 0 Å². The third kappa shape index (κ3) is 6.09. The van der Waals surface area contributed by atoms with Gasteiger partial charge in [-0.15, -0.1) is 0 Å². The van der Waals surface area contributed by atoms with E-state index in [1.807, 2.05) is 6.92 Å². The van der Waals surface area contributed by atoms with Crippen LogP contribution in [-0.4, -0.2) is 25.9 Å². The zero-order valence-electron chi connectivity index (χ0n) is 16.4. The van der Waals surface area contributed by atoms with Gasteiger partial charge in [-0.05, 0) is 58.2 Å². The smallest absolute Gasteiger partial charge is 0.251 e. The van der Waals surface area contributed by atoms with E-state index in [2.05, 4.69) is 10.0 Å². The van der Waals surface area contributed by atoms with Crippen LogP contribution >= 0.6 is 0 Å². The number of sulfonamides is 1. The summed E-state index contributed by atoms with van der Waals surface area (Å²) in [6, 6.07) is 4.91. The highest BCUT2D eigenvalue weighted by atomic mass is 32.2. The van der Waals surface area contributed by atoms with E-state index in [0.29, 0.717) is 5.56 Å². The molecule has 1 aromatic carbocycles. The molecule has 1 saturated carbocycles. The highest BCUT2D eigenvalue weighted by Gasteiger charge is 2.24. The van der Waals surface area contributed by atoms with Crippen molar-refractivity contribution in [3.05, 3.63) is 29.3 Å². The molecule has 2 rings (SSSR count). The minimum atomic E-state index is -3.66. The van der Waals surface area contributed by atoms with Gasteiger partial charge in [0.1, 0.15) is 0 Å². The number of amides is 1. The van der Waals surface area contributed by atoms with Crippen LogP contribution in [0.1, 0.15) is 81.6 Å². The van der Waals surface area contributed by atoms with Gasteiger partial charge in [0.2, 0.25) is 10.0 Å². The molecule has 0 atom stereocenters. The summed E-state index contributed by atoms with van der Waals surface area (Å²) < 4.78 is 27.8. The standard InChI is InChI=1S/C20H32N2O3S/c1-15-12-13-17(26(24,25)22-20(2,3)4)14-18(15)19(23)21-16-10-8-6-5-7-9-11-16/h12-14,16,22H,5-11H2,1-4H3,(H,21,23). The van der Waals surface area contributed by atoms with Crippen LogP contribution in [0.25, 0.3) is 0 Å². The molecule has 2 N–H and O–H groups in total. The van der Waals surface area contributed by atoms with E-state index < -0.39 is 15.6 Å². The summed E-state index contributed by atoms with van der Waals surface area (Å²) in [5.74, 6) is -0.180. The summed E-state index contributed by atoms with van der Waals surface area (Å²) in [5.41, 5.74) is 0.636. The molecule has 1 amide bonds. The van der Waals surface area contributed by atoms with E-state index in [1.54, 1.807) is 32.9 Å². The summed E-state index contributed by atoms with van der Waals surface area (Å²) in [6.45, 7) is 7.21. The van der Waals surface area contributed by atoms with Gasteiger partial charge in [-0.1, -0.05) is 38.2 Å². The highest BCUT2D eigenvalue weighted by Crippen LogP contribution is 2.20. The molecule has 0 spiro atoms. The Morgan fingerprint density at radius 2 is 1.62 bits per heavy atom. The minimum absolute atomic E-state index is 0.126. The molecule has 1 aromatic rings. The highest BCUT2D eigenvalue weighted by molar-refractivity contribution is 7.89. The lowest BCUT2D eigenvalue weighted by Crippen LogP contribution is -2.40. The van der Waals surface area contributed by atoms with Gasteiger partial charge in [0, 0.05) is 17.1 Å². The van der Waals surface area contributed by atoms with Gasteiger partial charge in [-0.2, -0.15) is 0 Å². The van der Waals surface area contributed by atoms with Crippen LogP contribution in [0.5, 0.6) is 0 Å². The fraction of sp³-hybridized carbons (Fsp3) is 0.650. The maximum Gasteiger partial charge on any atom is 0.251 e. The van der Waals surface area contributed by atoms with Crippen molar-refractivity contribution in [3.63, 3.8) is 0 Å². The van der Waals surface area contributed by atoms with Gasteiger partial charge in [0.25, 0.3) is 5.91 Å². The molecular formula is C20H32N2O3S. The minimum Gasteiger partial charge on any atom is -0.349 e. The molecule has 0 unspecified atom stereocenters. The lowest BCUT2D eigenvalue weighted by atomic mass is 9.96. The largest absolute Gasteiger partial charge is 0.349 e. The topological polar surface area (TPSA) is 75.3 Å². The lowest BCUT2D eigenvalue weighted by molar-refractivity contribution is 0.0929. The number of carbonyl (C=O) groups is 1. The fourth-order valence-corrected chi connectivity index (χ4v) is 4.78. The third-order valence-corrected chi connectivity index (χ3v) is 6.40. The Morgan fingerprint density at radius 3 is 2.19 bits per heavy atom. The number of nitrogens with one attached hydrogen (secondary N) is 2. The fourth-order valence-electron chi connectivity index (χ4n) is 3.34. The number of aryl methyl sites for hydroxylation is 1. The van der Waals surface area contributed by atoms with Gasteiger partial charge >= 0.3 is 0 Å². The van der Waals surface area contributed by atoms with Crippen LogP contribution in [0.15, 0.2) is 23.1 Å². The summed E-state index contributed by atoms with van der Waals surface area (Å²) >= 11 is 0. The molecule has 0 aromatic heterocycles. The SMILES string of the molecule is Cc1ccc(S(=O)(=O)NC(C)(C)C)cc1C(=O)NC1CCCCCCC1. The third-order valence-electron chi connectivity index (χ3n) is 4.64. The second kappa shape index (κ2) is 8.53. The monoisotopic (exact) mass is 380 g/mol. The quantitative estimate of drug-likeness (QED) is 0.831. The molecule has 6 heteroatoms. The van der Waals surface area contributed by atoms with Crippen LogP contribution in [0.4, 0.5) is 0 Å². The molecule has 5 nitrogen and oxygen atoms in total. The molecule has 0 bridgehead atoms. The second-order valence-corrected chi connectivity index (χ2v) is 10.0. The van der Waals surface area contributed by atoms with Crippen molar-refractivity contribution in [2.24, 2.45) is 0 Å². The van der Waals surface area contributed by atoms with E-state index in [0.717, 1.165) is 31.2 Å². The molecule has 0 heterocycles. The Kier molecular flexibility index (Phi) is 6.86. The summed E-state index contributed by atoms with van der Waals surface area (Å²) in [6.07, 6.45) is 7.97. The molecule has 146 valence electrons. The zero-order valence-corrected chi connectivity index (χ0v) is 17.2. The number of hydrogen-bond acceptors (Lipinski definition) is 3. The number of rotatable bonds is 4. The lowest BCUT2D eigenvalue weighted by Gasteiger charge is -2.22. The van der Waals surface area contributed by atoms with Crippen LogP contribution in [0.2, 0.25) is 0 Å². The van der Waals surface area contributed by atoms with Crippen molar-refractivity contribution in [1.82, 2.24) is 10.0 Å². The summed E-state index contributed by atoms with van der Waals surface area (Å²) in [5, 5.41) is 3.12. The Hall–Kier alpha value is -1.40. The van der Waals surface area contributed by atoms with Gasteiger partial charge in [0.05, 0.1) is 4.90 Å². The molecule has 26 heavy (non-hydrogen) atoms. The average Bonchev–Trinajstić information content (AvgIpc) is 2.47. The maximum absolute atomic E-state index is 12.8. The summed E-state index contributed by atoms with van der Waals surface area (Å²) in [7, 11) is -3.66. The molecule has 1 aliphatic rings. The Bertz CT molecular complexity index is 728. The molecule has 0 aliphatic heterocycles. The van der Waals surface area contributed by atoms with Crippen molar-refractivity contribution in [1.29, 1.82) is 0 Å². The predicted molar refractivity (Wildman–Crippen MR) is 105 cm³/mol. The Labute approximate surface area is 158 Å². The van der Waals surface area contributed by atoms with Crippen LogP contribution in [0.3, 0.4) is 0 Å². The van der Waals surface area contributed by atoms with Crippen LogP contribution in [0, 0.1) is 6.92 Å². The van der Waals surface area contributed by atoms with Gasteiger partial charge < -0.3 is 5.32 Å². The average molecular weight is 381 g/mol. The first-order chi connectivity index (χ1) is 12.1. The number of carbonyl (C=O) groups excluding carboxylic acids is 1. The van der Waals surface area contributed by atoms with E-state index in [4.69, 9.17) is 0 Å². The molecular weight excluding hydrogens is 348 g/mol. The van der Waals surface area contributed by atoms with Crippen molar-refractivity contribution in [3.8, 4) is 0 Å². The number of hydrogen-bond donors (Lipinski definition) is 2. The normalized spacial score (nSPS) is 17.4. The van der Waals surface area contributed by atoms with Crippen LogP contribution < -0.4 is 10.0 Å². The van der Waals surface area contributed by atoms with E-state index in [1.165, 1.54) is 25.3 Å². The second-order valence-electron chi connectivity index (χ2n) is 8.35. The van der Waals surface area contributed by atoms with E-state index in [9.17, 15) is 13.2 Å². The summed E-state index contributed by atoms with van der Waals surface area (Å²) in [4.78, 5) is 12.9. The Morgan fingerprint density at radius 1 is 1.04 bits per heavy atom. The first-order valence-corrected chi connectivity index (χ1v) is 11.0. The Balaban J connectivity index is 2.19. The van der Waals surface area contributed by atoms with E-state index in [-0.39, 0.29) is 16.8 Å². The van der Waals surface area contributed by atoms with Crippen LogP contribution in [-0.2, 0) is 10.0 Å². The molecule has 0 radical (unpaired) electrons. The first-order valence-electron chi connectivity index (χ1n) is 9.54. The number of benzene rings is 1. The van der Waals surface area contributed by atoms with Crippen molar-refractivity contribution in [2.45, 2.75) is 89.1 Å². The van der Waals surface area contributed by atoms with Crippen molar-refractivity contribution in [2.75, 3.05) is 0 Å². The first kappa shape index (κ1) is 20.9. The van der Waals surface area contributed by atoms with Crippen molar-refractivity contribution < 1.29 is 13.2 Å². The van der Waals surface area contributed by atoms with Gasteiger partial charge in [-0.3, -0.25) is 4.79 Å². The molecule has 1 aliphatic carbocycles. The van der Waals surface area contributed by atoms with Gasteiger partial charge in [-0.25, -0.2) is 13.1 Å². The molecule has 0 saturated heterocycles. The molecule has 1 fully saturated rings. The maximum atomic E-state index is 12.8.